The van der Waals surface area contributed by atoms with Gasteiger partial charge in [0.25, 0.3) is 53.7 Å². The number of anilines is 4. The van der Waals surface area contributed by atoms with E-state index in [2.05, 4.69) is 55.5 Å². The van der Waals surface area contributed by atoms with Crippen LogP contribution < -0.4 is 67.1 Å². The molecule has 1 aliphatic rings. The van der Waals surface area contributed by atoms with Gasteiger partial charge in [-0.1, -0.05) is 166 Å². The lowest BCUT2D eigenvalue weighted by Gasteiger charge is -2.19. The fourth-order valence-electron chi connectivity index (χ4n) is 14.1. The van der Waals surface area contributed by atoms with Crippen LogP contribution in [0.4, 0.5) is 40.8 Å². The number of ether oxygens (including phenoxy) is 1. The van der Waals surface area contributed by atoms with Crippen molar-refractivity contribution in [1.82, 2.24) is 60.4 Å². The summed E-state index contributed by atoms with van der Waals surface area (Å²) in [6, 6.07) is 50.4. The van der Waals surface area contributed by atoms with Crippen molar-refractivity contribution < 1.29 is 60.7 Å². The summed E-state index contributed by atoms with van der Waals surface area (Å²) in [5.74, 6) is -3.61. The molecular weight excluding hydrogens is 1630 g/mol. The predicted molar refractivity (Wildman–Crippen MR) is 481 cm³/mol. The van der Waals surface area contributed by atoms with Crippen LogP contribution in [0.3, 0.4) is 0 Å². The van der Waals surface area contributed by atoms with Gasteiger partial charge in [-0.05, 0) is 155 Å². The first kappa shape index (κ1) is 94.5. The van der Waals surface area contributed by atoms with Crippen LogP contribution >= 0.6 is 0 Å². The summed E-state index contributed by atoms with van der Waals surface area (Å²) in [4.78, 5) is 97.7. The van der Waals surface area contributed by atoms with E-state index in [1.807, 2.05) is 139 Å². The zero-order valence-electron chi connectivity index (χ0n) is 72.4. The Hall–Kier alpha value is -14.8. The minimum absolute atomic E-state index is 0.0165. The molecule has 33 heteroatoms. The second-order valence-electron chi connectivity index (χ2n) is 31.4. The Morgan fingerprint density at radius 1 is 0.402 bits per heavy atom. The van der Waals surface area contributed by atoms with Crippen molar-refractivity contribution >= 4 is 70.5 Å². The minimum Gasteiger partial charge on any atom is -0.383 e. The first-order valence-electron chi connectivity index (χ1n) is 41.1. The standard InChI is InChI=1S/C25H28FN5O3.C24H29N5O2.C23H27N5O2.C22H22F3N5O2/c1-14-3-8-19(26)11-20(14)25(33)29-12-16-4-6-17(7-5-16)22-21(24(28)32)23(27)31(30-22)15(2)18-9-10-34-13-18;1-14(2)16(4)29-22(25)20(23(26)30)21(28-29)18-11-9-17(10-12-18)13-27-24(31)19-8-6-5-7-15(19)3;1-4-15(3)28-21(24)19(22(25)29)20(27-28)17-11-9-16(10-12-17)13-26-23(30)18-8-6-5-7-14(18)2;1-11-3-8-15(23)9-16(11)22(32)28-10-13-4-6-14(7-5-13)18-17(21(27)31)20(26)30(29-18)12(2)19(24)25/h3-8,11,15,18H,9-10,12-13,27H2,1-2H3,(H2,28,32)(H,29,33);5-12,14,16H,13,25H2,1-4H3,(H2,26,30)(H,27,31);5-12,15H,4,13,24H2,1-3H3,(H2,25,29)(H,26,30);3-9,12,19H,10,26H2,1-2H3,(H2,27,31)(H,28,32). The van der Waals surface area contributed by atoms with Crippen LogP contribution in [0.1, 0.15) is 213 Å². The Morgan fingerprint density at radius 2 is 0.693 bits per heavy atom. The fourth-order valence-corrected chi connectivity index (χ4v) is 14.1. The van der Waals surface area contributed by atoms with Gasteiger partial charge >= 0.3 is 0 Å². The van der Waals surface area contributed by atoms with Gasteiger partial charge in [-0.2, -0.15) is 20.4 Å². The molecule has 664 valence electrons. The molecule has 20 N–H and O–H groups in total. The van der Waals surface area contributed by atoms with E-state index in [1.165, 1.54) is 37.3 Å². The van der Waals surface area contributed by atoms with Gasteiger partial charge in [0.1, 0.15) is 86.0 Å². The van der Waals surface area contributed by atoms with Crippen molar-refractivity contribution in [3.8, 4) is 45.0 Å². The van der Waals surface area contributed by atoms with Gasteiger partial charge in [0.15, 0.2) is 0 Å². The Balaban J connectivity index is 0.000000177. The van der Waals surface area contributed by atoms with Crippen LogP contribution in [-0.4, -0.2) is 106 Å². The van der Waals surface area contributed by atoms with Crippen LogP contribution in [-0.2, 0) is 30.9 Å². The molecule has 29 nitrogen and oxygen atoms in total. The molecule has 0 saturated carbocycles. The summed E-state index contributed by atoms with van der Waals surface area (Å²) >= 11 is 0. The quantitative estimate of drug-likeness (QED) is 0.0203. The van der Waals surface area contributed by atoms with Gasteiger partial charge in [0.05, 0.1) is 24.7 Å². The molecular formula is C94H106F4N20O9. The second kappa shape index (κ2) is 42.1. The van der Waals surface area contributed by atoms with E-state index in [4.69, 9.17) is 50.6 Å². The number of alkyl halides is 2. The number of rotatable bonds is 28. The number of nitrogen functional groups attached to an aromatic ring is 4. The normalized spacial score (nSPS) is 13.2. The number of hydrogen-bond donors (Lipinski definition) is 12. The Bertz CT molecular complexity index is 6000. The first-order valence-corrected chi connectivity index (χ1v) is 41.1. The average Bonchev–Trinajstić information content (AvgIpc) is 1.65. The summed E-state index contributed by atoms with van der Waals surface area (Å²) in [7, 11) is 0. The van der Waals surface area contributed by atoms with E-state index in [-0.39, 0.29) is 118 Å². The summed E-state index contributed by atoms with van der Waals surface area (Å²) < 4.78 is 64.5. The molecule has 1 saturated heterocycles. The molecule has 5 atom stereocenters. The zero-order chi connectivity index (χ0) is 92.5. The topological polar surface area (TPSA) is 473 Å². The lowest BCUT2D eigenvalue weighted by Crippen LogP contribution is -2.23. The van der Waals surface area contributed by atoms with Crippen molar-refractivity contribution in [3.63, 3.8) is 0 Å². The third-order valence-electron chi connectivity index (χ3n) is 22.3. The molecule has 0 radical (unpaired) electrons. The number of carbonyl (C=O) groups is 8. The SMILES string of the molecule is CCC(C)n1nc(-c2ccc(CNC(=O)c3ccccc3C)cc2)c(C(N)=O)c1N.Cc1ccc(F)cc1C(=O)NCc1ccc(-c2nn(C(C)C(F)F)c(N)c2C(N)=O)cc1.Cc1ccc(F)cc1C(=O)NCc1ccc(-c2nn(C(C)C3CCOC3)c(N)c2C(N)=O)cc1.Cc1ccccc1C(=O)NCc1ccc(-c2nn(C(C)C(C)C)c(N)c2C(N)=O)cc1. The number of carbonyl (C=O) groups excluding carboxylic acids is 8. The Labute approximate surface area is 732 Å². The molecule has 0 aliphatic carbocycles. The van der Waals surface area contributed by atoms with Crippen LogP contribution in [0.15, 0.2) is 182 Å². The molecule has 0 bridgehead atoms. The molecule has 4 aromatic heterocycles. The number of halogens is 4. The van der Waals surface area contributed by atoms with Crippen LogP contribution in [0.5, 0.6) is 0 Å². The second-order valence-corrected chi connectivity index (χ2v) is 31.4. The lowest BCUT2D eigenvalue weighted by molar-refractivity contribution is 0.0864. The van der Waals surface area contributed by atoms with E-state index in [1.54, 1.807) is 82.5 Å². The van der Waals surface area contributed by atoms with Crippen LogP contribution in [0.2, 0.25) is 0 Å². The minimum atomic E-state index is -2.74. The molecule has 1 fully saturated rings. The highest BCUT2D eigenvalue weighted by atomic mass is 19.3. The van der Waals surface area contributed by atoms with Gasteiger partial charge in [-0.3, -0.25) is 38.4 Å². The number of aryl methyl sites for hydroxylation is 4. The Morgan fingerprint density at radius 3 is 0.992 bits per heavy atom. The molecule has 5 unspecified atom stereocenters. The maximum absolute atomic E-state index is 13.5. The number of primary amides is 4. The highest BCUT2D eigenvalue weighted by Gasteiger charge is 2.33. The molecule has 13 rings (SSSR count). The van der Waals surface area contributed by atoms with Gasteiger partial charge in [0.2, 0.25) is 0 Å². The summed E-state index contributed by atoms with van der Waals surface area (Å²) in [6.07, 6.45) is -1.01. The summed E-state index contributed by atoms with van der Waals surface area (Å²) in [6.45, 7) is 23.2. The number of benzene rings is 8. The van der Waals surface area contributed by atoms with Crippen molar-refractivity contribution in [1.29, 1.82) is 0 Å². The van der Waals surface area contributed by atoms with Gasteiger partial charge < -0.3 is 71.9 Å². The number of aromatic nitrogens is 8. The molecule has 127 heavy (non-hydrogen) atoms. The Kier molecular flexibility index (Phi) is 31.3. The molecule has 12 aromatic rings. The molecule has 1 aliphatic heterocycles. The third kappa shape index (κ3) is 22.6. The van der Waals surface area contributed by atoms with Crippen LogP contribution in [0.25, 0.3) is 45.0 Å². The molecule has 8 amide bonds. The smallest absolute Gasteiger partial charge is 0.260 e. The lowest BCUT2D eigenvalue weighted by atomic mass is 10.0. The van der Waals surface area contributed by atoms with Gasteiger partial charge in [-0.25, -0.2) is 36.3 Å². The van der Waals surface area contributed by atoms with Crippen molar-refractivity contribution in [3.05, 3.63) is 283 Å². The number of nitrogens with two attached hydrogens (primary N) is 8. The van der Waals surface area contributed by atoms with E-state index < -0.39 is 53.6 Å². The fraction of sp³-hybridized carbons (Fsp3) is 0.277. The number of amides is 8. The highest BCUT2D eigenvalue weighted by molar-refractivity contribution is 6.06. The molecule has 5 heterocycles. The van der Waals surface area contributed by atoms with E-state index >= 15 is 0 Å². The van der Waals surface area contributed by atoms with E-state index in [0.29, 0.717) is 87.9 Å². The van der Waals surface area contributed by atoms with E-state index in [9.17, 15) is 55.9 Å². The maximum atomic E-state index is 13.5. The number of hydrogen-bond acceptors (Lipinski definition) is 17. The summed E-state index contributed by atoms with van der Waals surface area (Å²) in [5, 5.41) is 29.2. The highest BCUT2D eigenvalue weighted by Crippen LogP contribution is 2.37. The molecule has 8 aromatic carbocycles. The maximum Gasteiger partial charge on any atom is 0.260 e. The van der Waals surface area contributed by atoms with Gasteiger partial charge in [0, 0.05) is 83.2 Å². The number of nitrogens with zero attached hydrogens (tertiary/aromatic N) is 8. The van der Waals surface area contributed by atoms with E-state index in [0.717, 1.165) is 56.5 Å². The van der Waals surface area contributed by atoms with Crippen molar-refractivity contribution in [2.75, 3.05) is 36.1 Å². The third-order valence-corrected chi connectivity index (χ3v) is 22.3. The molecule has 0 spiro atoms. The largest absolute Gasteiger partial charge is 0.383 e. The average molecular weight is 1740 g/mol. The zero-order valence-corrected chi connectivity index (χ0v) is 72.4. The number of nitrogens with one attached hydrogen (secondary N) is 4. The monoisotopic (exact) mass is 1730 g/mol. The predicted octanol–water partition coefficient (Wildman–Crippen LogP) is 13.8. The summed E-state index contributed by atoms with van der Waals surface area (Å²) in [5.41, 5.74) is 59.7. The van der Waals surface area contributed by atoms with Crippen LogP contribution in [0, 0.1) is 51.2 Å². The van der Waals surface area contributed by atoms with Gasteiger partial charge in [-0.15, -0.1) is 0 Å². The van der Waals surface area contributed by atoms with Crippen molar-refractivity contribution in [2.24, 2.45) is 34.8 Å². The van der Waals surface area contributed by atoms with Crippen molar-refractivity contribution in [2.45, 2.75) is 146 Å². The first-order chi connectivity index (χ1) is 60.4.